The minimum atomic E-state index is -2.04. The van der Waals surface area contributed by atoms with Crippen LogP contribution in [0.25, 0.3) is 10.8 Å². The lowest BCUT2D eigenvalue weighted by molar-refractivity contribution is -0.0601. The van der Waals surface area contributed by atoms with E-state index < -0.39 is 17.3 Å². The van der Waals surface area contributed by atoms with Gasteiger partial charge in [0.05, 0.1) is 0 Å². The Hall–Kier alpha value is -2.04. The van der Waals surface area contributed by atoms with Gasteiger partial charge in [0.2, 0.25) is 17.3 Å². The van der Waals surface area contributed by atoms with E-state index in [1.807, 2.05) is 12.1 Å². The number of hydrogen-bond donors (Lipinski definition) is 1. The van der Waals surface area contributed by atoms with Crippen LogP contribution in [0.4, 0.5) is 0 Å². The molecule has 1 aliphatic carbocycles. The predicted octanol–water partition coefficient (Wildman–Crippen LogP) is 2.39. The maximum atomic E-state index is 12.9. The number of carbonyl (C=O) groups is 2. The van der Waals surface area contributed by atoms with Crippen LogP contribution in [0.3, 0.4) is 0 Å². The second-order valence-corrected chi connectivity index (χ2v) is 6.09. The molecule has 1 heterocycles. The molecule has 0 spiro atoms. The van der Waals surface area contributed by atoms with Crippen molar-refractivity contribution in [2.24, 2.45) is 0 Å². The average molecular weight is 295 g/mol. The summed E-state index contributed by atoms with van der Waals surface area (Å²) in [5.74, 6) is -0.965. The van der Waals surface area contributed by atoms with E-state index in [1.165, 1.54) is 0 Å². The SMILES string of the molecule is O=C1c2cccc3cccc(c23)C(=O)C1(O)N1CCCCC1. The van der Waals surface area contributed by atoms with Crippen LogP contribution >= 0.6 is 0 Å². The number of ketones is 2. The van der Waals surface area contributed by atoms with Crippen molar-refractivity contribution in [1.82, 2.24) is 4.90 Å². The molecule has 0 atom stereocenters. The molecular formula is C18H17NO3. The smallest absolute Gasteiger partial charge is 0.248 e. The Labute approximate surface area is 128 Å². The number of hydrogen-bond acceptors (Lipinski definition) is 4. The van der Waals surface area contributed by atoms with Gasteiger partial charge in [-0.2, -0.15) is 0 Å². The van der Waals surface area contributed by atoms with Gasteiger partial charge in [-0.3, -0.25) is 14.5 Å². The fourth-order valence-electron chi connectivity index (χ4n) is 3.70. The third-order valence-electron chi connectivity index (χ3n) is 4.84. The van der Waals surface area contributed by atoms with E-state index in [0.717, 1.165) is 24.6 Å². The van der Waals surface area contributed by atoms with E-state index in [4.69, 9.17) is 0 Å². The first-order valence-corrected chi connectivity index (χ1v) is 7.73. The molecule has 0 saturated carbocycles. The molecule has 112 valence electrons. The lowest BCUT2D eigenvalue weighted by Crippen LogP contribution is -2.62. The molecule has 1 fully saturated rings. The molecule has 2 aromatic carbocycles. The van der Waals surface area contributed by atoms with E-state index in [9.17, 15) is 14.7 Å². The Bertz CT molecular complexity index is 739. The molecule has 0 bridgehead atoms. The summed E-state index contributed by atoms with van der Waals surface area (Å²) < 4.78 is 0. The molecule has 0 radical (unpaired) electrons. The number of nitrogens with zero attached hydrogens (tertiary/aromatic N) is 1. The normalized spacial score (nSPS) is 21.3. The molecule has 0 unspecified atom stereocenters. The standard InChI is InChI=1S/C18H17NO3/c20-16-13-8-4-6-12-7-5-9-14(15(12)13)17(21)18(16,22)19-10-2-1-3-11-19/h4-9,22H,1-3,10-11H2. The fraction of sp³-hybridized carbons (Fsp3) is 0.333. The minimum Gasteiger partial charge on any atom is -0.362 e. The molecule has 2 aliphatic rings. The second-order valence-electron chi connectivity index (χ2n) is 6.09. The summed E-state index contributed by atoms with van der Waals surface area (Å²) >= 11 is 0. The third kappa shape index (κ3) is 1.65. The van der Waals surface area contributed by atoms with E-state index in [2.05, 4.69) is 0 Å². The molecule has 1 N–H and O–H groups in total. The van der Waals surface area contributed by atoms with Crippen molar-refractivity contribution in [3.05, 3.63) is 47.5 Å². The third-order valence-corrected chi connectivity index (χ3v) is 4.84. The van der Waals surface area contributed by atoms with Crippen molar-refractivity contribution in [3.63, 3.8) is 0 Å². The molecule has 4 rings (SSSR count). The molecule has 22 heavy (non-hydrogen) atoms. The topological polar surface area (TPSA) is 57.6 Å². The van der Waals surface area contributed by atoms with E-state index in [-0.39, 0.29) is 0 Å². The van der Waals surface area contributed by atoms with Crippen molar-refractivity contribution in [3.8, 4) is 0 Å². The van der Waals surface area contributed by atoms with E-state index in [1.54, 1.807) is 29.2 Å². The summed E-state index contributed by atoms with van der Waals surface area (Å²) in [5.41, 5.74) is -1.15. The summed E-state index contributed by atoms with van der Waals surface area (Å²) in [5, 5.41) is 12.6. The Balaban J connectivity index is 1.95. The summed E-state index contributed by atoms with van der Waals surface area (Å²) in [7, 11) is 0. The number of piperidine rings is 1. The Morgan fingerprint density at radius 3 is 1.95 bits per heavy atom. The highest BCUT2D eigenvalue weighted by Crippen LogP contribution is 2.36. The number of Topliss-reactive ketones (excluding diaryl/α,β-unsaturated/α-hetero) is 2. The molecule has 1 aliphatic heterocycles. The predicted molar refractivity (Wildman–Crippen MR) is 83.0 cm³/mol. The van der Waals surface area contributed by atoms with Gasteiger partial charge in [-0.15, -0.1) is 0 Å². The maximum Gasteiger partial charge on any atom is 0.248 e. The zero-order chi connectivity index (χ0) is 15.3. The van der Waals surface area contributed by atoms with Crippen LogP contribution in [0.2, 0.25) is 0 Å². The van der Waals surface area contributed by atoms with Crippen molar-refractivity contribution >= 4 is 22.3 Å². The number of likely N-dealkylation sites (tertiary alicyclic amines) is 1. The van der Waals surface area contributed by atoms with E-state index in [0.29, 0.717) is 29.6 Å². The highest BCUT2D eigenvalue weighted by molar-refractivity contribution is 6.33. The first-order chi connectivity index (χ1) is 10.6. The quantitative estimate of drug-likeness (QED) is 0.821. The summed E-state index contributed by atoms with van der Waals surface area (Å²) in [6.07, 6.45) is 2.87. The zero-order valence-electron chi connectivity index (χ0n) is 12.2. The zero-order valence-corrected chi connectivity index (χ0v) is 12.2. The summed E-state index contributed by atoms with van der Waals surface area (Å²) in [6.45, 7) is 1.15. The van der Waals surface area contributed by atoms with Crippen LogP contribution in [0.5, 0.6) is 0 Å². The van der Waals surface area contributed by atoms with Gasteiger partial charge in [-0.05, 0) is 18.2 Å². The van der Waals surface area contributed by atoms with Crippen LogP contribution in [-0.4, -0.2) is 40.4 Å². The average Bonchev–Trinajstić information content (AvgIpc) is 2.58. The van der Waals surface area contributed by atoms with Crippen molar-refractivity contribution in [2.45, 2.75) is 25.0 Å². The van der Waals surface area contributed by atoms with Crippen molar-refractivity contribution in [2.75, 3.05) is 13.1 Å². The van der Waals surface area contributed by atoms with Gasteiger partial charge in [-0.1, -0.05) is 42.8 Å². The monoisotopic (exact) mass is 295 g/mol. The van der Waals surface area contributed by atoms with Gasteiger partial charge in [-0.25, -0.2) is 0 Å². The largest absolute Gasteiger partial charge is 0.362 e. The molecular weight excluding hydrogens is 278 g/mol. The highest BCUT2D eigenvalue weighted by atomic mass is 16.3. The van der Waals surface area contributed by atoms with Crippen LogP contribution in [0.1, 0.15) is 40.0 Å². The minimum absolute atomic E-state index is 0.445. The van der Waals surface area contributed by atoms with Gasteiger partial charge < -0.3 is 5.11 Å². The van der Waals surface area contributed by atoms with Crippen LogP contribution in [0, 0.1) is 0 Å². The van der Waals surface area contributed by atoms with Gasteiger partial charge >= 0.3 is 0 Å². The molecule has 2 aromatic rings. The van der Waals surface area contributed by atoms with Gasteiger partial charge in [0, 0.05) is 29.6 Å². The van der Waals surface area contributed by atoms with Gasteiger partial charge in [0.1, 0.15) is 0 Å². The molecule has 4 nitrogen and oxygen atoms in total. The second kappa shape index (κ2) is 4.73. The molecule has 1 saturated heterocycles. The Morgan fingerprint density at radius 2 is 1.41 bits per heavy atom. The number of rotatable bonds is 1. The molecule has 0 aromatic heterocycles. The van der Waals surface area contributed by atoms with Gasteiger partial charge in [0.25, 0.3) is 0 Å². The first-order valence-electron chi connectivity index (χ1n) is 7.73. The maximum absolute atomic E-state index is 12.9. The van der Waals surface area contributed by atoms with Gasteiger partial charge in [0.15, 0.2) is 0 Å². The fourth-order valence-corrected chi connectivity index (χ4v) is 3.70. The van der Waals surface area contributed by atoms with Crippen LogP contribution in [-0.2, 0) is 0 Å². The number of aliphatic hydroxyl groups is 1. The van der Waals surface area contributed by atoms with E-state index >= 15 is 0 Å². The lowest BCUT2D eigenvalue weighted by Gasteiger charge is -2.41. The summed E-state index contributed by atoms with van der Waals surface area (Å²) in [4.78, 5) is 27.5. The van der Waals surface area contributed by atoms with Crippen LogP contribution in [0.15, 0.2) is 36.4 Å². The Morgan fingerprint density at radius 1 is 0.864 bits per heavy atom. The number of benzene rings is 2. The summed E-state index contributed by atoms with van der Waals surface area (Å²) in [6, 6.07) is 10.8. The number of carbonyl (C=O) groups excluding carboxylic acids is 2. The molecule has 4 heteroatoms. The lowest BCUT2D eigenvalue weighted by atomic mass is 9.80. The first kappa shape index (κ1) is 13.6. The highest BCUT2D eigenvalue weighted by Gasteiger charge is 2.53. The van der Waals surface area contributed by atoms with Crippen LogP contribution < -0.4 is 0 Å². The van der Waals surface area contributed by atoms with Crippen molar-refractivity contribution < 1.29 is 14.7 Å². The Kier molecular flexibility index (Phi) is 2.93. The van der Waals surface area contributed by atoms with Crippen molar-refractivity contribution in [1.29, 1.82) is 0 Å². The molecule has 0 amide bonds.